The monoisotopic (exact) mass is 266 g/mol. The van der Waals surface area contributed by atoms with Gasteiger partial charge in [0.05, 0.1) is 10.7 Å². The second kappa shape index (κ2) is 5.42. The third kappa shape index (κ3) is 2.66. The van der Waals surface area contributed by atoms with E-state index in [1.807, 2.05) is 26.0 Å². The number of phenolic OH excluding ortho intramolecular Hbond substituents is 1. The van der Waals surface area contributed by atoms with Crippen molar-refractivity contribution in [1.29, 1.82) is 0 Å². The van der Waals surface area contributed by atoms with Crippen LogP contribution in [0.5, 0.6) is 5.75 Å². The lowest BCUT2D eigenvalue weighted by atomic mass is 10.1. The molecule has 2 aromatic rings. The van der Waals surface area contributed by atoms with E-state index >= 15 is 0 Å². The Labute approximate surface area is 111 Å². The summed E-state index contributed by atoms with van der Waals surface area (Å²) in [5.74, 6) is 0.945. The maximum absolute atomic E-state index is 9.76. The van der Waals surface area contributed by atoms with Crippen LogP contribution in [0.4, 0.5) is 0 Å². The van der Waals surface area contributed by atoms with Gasteiger partial charge in [0.15, 0.2) is 0 Å². The summed E-state index contributed by atoms with van der Waals surface area (Å²) in [5, 5.41) is 17.3. The van der Waals surface area contributed by atoms with Crippen molar-refractivity contribution in [2.45, 2.75) is 26.9 Å². The molecule has 0 atom stereocenters. The highest BCUT2D eigenvalue weighted by Gasteiger charge is 2.09. The largest absolute Gasteiger partial charge is 0.506 e. The van der Waals surface area contributed by atoms with E-state index in [2.05, 4.69) is 10.5 Å². The Morgan fingerprint density at radius 1 is 1.33 bits per heavy atom. The van der Waals surface area contributed by atoms with Gasteiger partial charge in [0.25, 0.3) is 0 Å². The van der Waals surface area contributed by atoms with Gasteiger partial charge >= 0.3 is 0 Å². The van der Waals surface area contributed by atoms with Crippen molar-refractivity contribution < 1.29 is 9.63 Å². The molecule has 0 aliphatic carbocycles. The number of nitrogens with one attached hydrogen (secondary N) is 1. The van der Waals surface area contributed by atoms with Crippen molar-refractivity contribution >= 4 is 11.6 Å². The van der Waals surface area contributed by atoms with E-state index in [9.17, 15) is 5.11 Å². The number of nitrogens with zero attached hydrogens (tertiary/aromatic N) is 1. The number of rotatable bonds is 4. The molecule has 0 aliphatic heterocycles. The van der Waals surface area contributed by atoms with Crippen LogP contribution >= 0.6 is 11.6 Å². The molecule has 96 valence electrons. The van der Waals surface area contributed by atoms with Crippen molar-refractivity contribution in [1.82, 2.24) is 10.5 Å². The van der Waals surface area contributed by atoms with Gasteiger partial charge in [-0.1, -0.05) is 28.9 Å². The molecule has 0 unspecified atom stereocenters. The van der Waals surface area contributed by atoms with Crippen LogP contribution in [0, 0.1) is 13.8 Å². The fraction of sp³-hybridized carbons (Fsp3) is 0.308. The highest BCUT2D eigenvalue weighted by Crippen LogP contribution is 2.26. The Kier molecular flexibility index (Phi) is 3.89. The van der Waals surface area contributed by atoms with Crippen LogP contribution in [0.25, 0.3) is 0 Å². The van der Waals surface area contributed by atoms with Crippen molar-refractivity contribution in [2.75, 3.05) is 0 Å². The van der Waals surface area contributed by atoms with Gasteiger partial charge < -0.3 is 14.9 Å². The molecule has 0 aliphatic rings. The van der Waals surface area contributed by atoms with E-state index in [1.54, 1.807) is 6.07 Å². The summed E-state index contributed by atoms with van der Waals surface area (Å²) in [5.41, 5.74) is 2.71. The highest BCUT2D eigenvalue weighted by molar-refractivity contribution is 6.32. The average molecular weight is 267 g/mol. The molecule has 2 rings (SSSR count). The highest BCUT2D eigenvalue weighted by atomic mass is 35.5. The predicted octanol–water partition coefficient (Wildman–Crippen LogP) is 2.94. The number of para-hydroxylation sites is 1. The first kappa shape index (κ1) is 12.9. The molecule has 0 bridgehead atoms. The second-order valence-electron chi connectivity index (χ2n) is 4.15. The Morgan fingerprint density at radius 3 is 2.78 bits per heavy atom. The van der Waals surface area contributed by atoms with Gasteiger partial charge in [-0.2, -0.15) is 0 Å². The lowest BCUT2D eigenvalue weighted by molar-refractivity contribution is 0.392. The molecule has 4 nitrogen and oxygen atoms in total. The van der Waals surface area contributed by atoms with E-state index in [0.29, 0.717) is 18.1 Å². The van der Waals surface area contributed by atoms with E-state index in [1.165, 1.54) is 0 Å². The zero-order valence-corrected chi connectivity index (χ0v) is 11.1. The third-order valence-electron chi connectivity index (χ3n) is 2.87. The quantitative estimate of drug-likeness (QED) is 0.893. The number of hydrogen-bond acceptors (Lipinski definition) is 4. The molecular weight excluding hydrogens is 252 g/mol. The molecule has 0 fully saturated rings. The molecule has 0 saturated carbocycles. The molecular formula is C13H15ClN2O2. The molecule has 0 radical (unpaired) electrons. The van der Waals surface area contributed by atoms with Crippen molar-refractivity contribution in [3.63, 3.8) is 0 Å². The maximum Gasteiger partial charge on any atom is 0.138 e. The molecule has 2 N–H and O–H groups in total. The maximum atomic E-state index is 9.76. The molecule has 0 saturated heterocycles. The molecule has 18 heavy (non-hydrogen) atoms. The van der Waals surface area contributed by atoms with Crippen molar-refractivity contribution in [3.8, 4) is 5.75 Å². The van der Waals surface area contributed by atoms with Crippen molar-refractivity contribution in [3.05, 3.63) is 45.8 Å². The summed E-state index contributed by atoms with van der Waals surface area (Å²) in [6, 6.07) is 5.31. The number of benzene rings is 1. The van der Waals surface area contributed by atoms with Crippen LogP contribution in [-0.2, 0) is 13.1 Å². The zero-order chi connectivity index (χ0) is 13.1. The van der Waals surface area contributed by atoms with Crippen LogP contribution in [-0.4, -0.2) is 10.3 Å². The number of hydrogen-bond donors (Lipinski definition) is 2. The molecule has 1 aromatic heterocycles. The molecule has 0 spiro atoms. The second-order valence-corrected chi connectivity index (χ2v) is 4.56. The fourth-order valence-corrected chi connectivity index (χ4v) is 1.97. The minimum atomic E-state index is 0.130. The van der Waals surface area contributed by atoms with E-state index in [-0.39, 0.29) is 5.75 Å². The van der Waals surface area contributed by atoms with Gasteiger partial charge in [0, 0.05) is 24.2 Å². The Bertz CT molecular complexity index is 532. The summed E-state index contributed by atoms with van der Waals surface area (Å²) in [4.78, 5) is 0. The van der Waals surface area contributed by atoms with Crippen LogP contribution in [0.3, 0.4) is 0 Å². The van der Waals surface area contributed by atoms with Crippen LogP contribution < -0.4 is 5.32 Å². The topological polar surface area (TPSA) is 58.3 Å². The molecule has 1 aromatic carbocycles. The summed E-state index contributed by atoms with van der Waals surface area (Å²) in [7, 11) is 0. The van der Waals surface area contributed by atoms with E-state index < -0.39 is 0 Å². The standard InChI is InChI=1S/C13H15ClN2O2/c1-8-11(9(2)18-16-8)7-15-6-10-4-3-5-12(14)13(10)17/h3-5,15,17H,6-7H2,1-2H3. The number of aromatic nitrogens is 1. The van der Waals surface area contributed by atoms with Gasteiger partial charge in [0.2, 0.25) is 0 Å². The summed E-state index contributed by atoms with van der Waals surface area (Å²) < 4.78 is 5.08. The predicted molar refractivity (Wildman–Crippen MR) is 69.6 cm³/mol. The van der Waals surface area contributed by atoms with E-state index in [0.717, 1.165) is 22.6 Å². The average Bonchev–Trinajstić information content (AvgIpc) is 2.66. The lowest BCUT2D eigenvalue weighted by Crippen LogP contribution is -2.13. The van der Waals surface area contributed by atoms with Gasteiger partial charge in [-0.3, -0.25) is 0 Å². The summed E-state index contributed by atoms with van der Waals surface area (Å²) in [6.45, 7) is 4.97. The van der Waals surface area contributed by atoms with Gasteiger partial charge in [-0.25, -0.2) is 0 Å². The zero-order valence-electron chi connectivity index (χ0n) is 10.3. The Balaban J connectivity index is 1.99. The minimum Gasteiger partial charge on any atom is -0.506 e. The van der Waals surface area contributed by atoms with Gasteiger partial charge in [-0.15, -0.1) is 0 Å². The fourth-order valence-electron chi connectivity index (χ4n) is 1.78. The third-order valence-corrected chi connectivity index (χ3v) is 3.17. The van der Waals surface area contributed by atoms with Crippen molar-refractivity contribution in [2.24, 2.45) is 0 Å². The first-order valence-corrected chi connectivity index (χ1v) is 6.06. The van der Waals surface area contributed by atoms with Crippen LogP contribution in [0.2, 0.25) is 5.02 Å². The Morgan fingerprint density at radius 2 is 2.11 bits per heavy atom. The normalized spacial score (nSPS) is 10.8. The molecule has 1 heterocycles. The summed E-state index contributed by atoms with van der Waals surface area (Å²) >= 11 is 5.84. The Hall–Kier alpha value is -1.52. The van der Waals surface area contributed by atoms with E-state index in [4.69, 9.17) is 16.1 Å². The number of phenols is 1. The number of halogens is 1. The number of aromatic hydroxyl groups is 1. The summed E-state index contributed by atoms with van der Waals surface area (Å²) in [6.07, 6.45) is 0. The van der Waals surface area contributed by atoms with Gasteiger partial charge in [0.1, 0.15) is 11.5 Å². The lowest BCUT2D eigenvalue weighted by Gasteiger charge is -2.07. The van der Waals surface area contributed by atoms with Crippen LogP contribution in [0.1, 0.15) is 22.6 Å². The minimum absolute atomic E-state index is 0.130. The van der Waals surface area contributed by atoms with Crippen LogP contribution in [0.15, 0.2) is 22.7 Å². The smallest absolute Gasteiger partial charge is 0.138 e. The first-order chi connectivity index (χ1) is 8.59. The molecule has 0 amide bonds. The van der Waals surface area contributed by atoms with Gasteiger partial charge in [-0.05, 0) is 19.9 Å². The molecule has 5 heteroatoms. The first-order valence-electron chi connectivity index (χ1n) is 5.68. The number of aryl methyl sites for hydroxylation is 2. The SMILES string of the molecule is Cc1noc(C)c1CNCc1cccc(Cl)c1O.